The fourth-order valence-corrected chi connectivity index (χ4v) is 6.91. The van der Waals surface area contributed by atoms with Crippen LogP contribution in [0, 0.1) is 24.7 Å². The van der Waals surface area contributed by atoms with Gasteiger partial charge in [-0.1, -0.05) is 118 Å². The third-order valence-electron chi connectivity index (χ3n) is 9.21. The van der Waals surface area contributed by atoms with Crippen LogP contribution in [-0.4, -0.2) is 33.5 Å². The first-order valence-corrected chi connectivity index (χ1v) is 15.5. The summed E-state index contributed by atoms with van der Waals surface area (Å²) in [6.45, 7) is 15.7. The molecule has 0 spiro atoms. The van der Waals surface area contributed by atoms with Crippen molar-refractivity contribution in [2.24, 2.45) is 10.8 Å². The molecule has 43 heavy (non-hydrogen) atoms. The van der Waals surface area contributed by atoms with Gasteiger partial charge >= 0.3 is 7.12 Å². The molecule has 2 aliphatic heterocycles. The van der Waals surface area contributed by atoms with E-state index in [0.29, 0.717) is 26.4 Å². The van der Waals surface area contributed by atoms with E-state index in [4.69, 9.17) is 18.8 Å². The molecule has 0 amide bonds. The first-order valence-electron chi connectivity index (χ1n) is 15.5. The molecule has 2 fully saturated rings. The highest BCUT2D eigenvalue weighted by molar-refractivity contribution is 6.63. The van der Waals surface area contributed by atoms with E-state index in [1.165, 1.54) is 44.5 Å². The van der Waals surface area contributed by atoms with Crippen LogP contribution in [0.4, 0.5) is 0 Å². The number of benzene rings is 4. The van der Waals surface area contributed by atoms with Gasteiger partial charge in [0.2, 0.25) is 0 Å². The molecule has 0 unspecified atom stereocenters. The summed E-state index contributed by atoms with van der Waals surface area (Å²) < 4.78 is 25.4. The maximum absolute atomic E-state index is 6.41. The van der Waals surface area contributed by atoms with E-state index >= 15 is 0 Å². The van der Waals surface area contributed by atoms with Crippen molar-refractivity contribution in [3.05, 3.63) is 124 Å². The van der Waals surface area contributed by atoms with Gasteiger partial charge in [-0.3, -0.25) is 0 Å². The van der Waals surface area contributed by atoms with Crippen molar-refractivity contribution in [3.63, 3.8) is 0 Å². The molecule has 2 saturated heterocycles. The fourth-order valence-electron chi connectivity index (χ4n) is 6.91. The summed E-state index contributed by atoms with van der Waals surface area (Å²) in [7, 11) is -0.422. The van der Waals surface area contributed by atoms with E-state index in [0.717, 1.165) is 11.0 Å². The second kappa shape index (κ2) is 10.5. The zero-order valence-corrected chi connectivity index (χ0v) is 26.2. The summed E-state index contributed by atoms with van der Waals surface area (Å²) in [5.41, 5.74) is 11.4. The van der Waals surface area contributed by atoms with Gasteiger partial charge in [0.25, 0.3) is 0 Å². The Bertz CT molecular complexity index is 1590. The van der Waals surface area contributed by atoms with E-state index in [-0.39, 0.29) is 10.8 Å². The minimum Gasteiger partial charge on any atom is -0.407 e. The molecule has 220 valence electrons. The zero-order valence-electron chi connectivity index (χ0n) is 26.2. The average Bonchev–Trinajstić information content (AvgIpc) is 3.29. The number of rotatable bonds is 4. The van der Waals surface area contributed by atoms with Gasteiger partial charge in [0.05, 0.1) is 18.6 Å². The van der Waals surface area contributed by atoms with Crippen molar-refractivity contribution in [2.45, 2.75) is 53.2 Å². The van der Waals surface area contributed by atoms with Crippen LogP contribution in [0.1, 0.15) is 72.9 Å². The molecule has 0 bridgehead atoms. The van der Waals surface area contributed by atoms with E-state index in [9.17, 15) is 0 Å². The van der Waals surface area contributed by atoms with Gasteiger partial charge in [-0.05, 0) is 58.8 Å². The van der Waals surface area contributed by atoms with Crippen LogP contribution < -0.4 is 5.46 Å². The summed E-state index contributed by atoms with van der Waals surface area (Å²) in [4.78, 5) is 0. The number of aryl methyl sites for hydroxylation is 2. The molecule has 5 heteroatoms. The highest BCUT2D eigenvalue weighted by Crippen LogP contribution is 2.56. The van der Waals surface area contributed by atoms with E-state index in [1.54, 1.807) is 0 Å². The smallest absolute Gasteiger partial charge is 0.407 e. The topological polar surface area (TPSA) is 36.9 Å². The molecular weight excluding hydrogens is 531 g/mol. The number of ether oxygens (including phenoxy) is 2. The monoisotopic (exact) mass is 572 g/mol. The number of fused-ring (bicyclic) bond motifs is 3. The van der Waals surface area contributed by atoms with Gasteiger partial charge in [0.15, 0.2) is 6.29 Å². The Labute approximate surface area is 256 Å². The molecule has 0 saturated carbocycles. The SMILES string of the molecule is Cc1ccc(C2(c3ccc(C)cc3)c3cc(C4OCC(C)(C)CO4)ccc3-c3c(B4OCC(C)(C)CO4)cccc32)cc1. The first kappa shape index (κ1) is 28.5. The highest BCUT2D eigenvalue weighted by Gasteiger charge is 2.49. The second-order valence-corrected chi connectivity index (χ2v) is 14.3. The van der Waals surface area contributed by atoms with Gasteiger partial charge in [-0.25, -0.2) is 0 Å². The molecule has 4 aromatic carbocycles. The lowest BCUT2D eigenvalue weighted by Crippen LogP contribution is -2.48. The Morgan fingerprint density at radius 1 is 0.628 bits per heavy atom. The fraction of sp³-hybridized carbons (Fsp3) is 0.368. The molecule has 4 nitrogen and oxygen atoms in total. The van der Waals surface area contributed by atoms with Crippen LogP contribution in [0.2, 0.25) is 0 Å². The Hall–Kier alpha value is -3.22. The van der Waals surface area contributed by atoms with Gasteiger partial charge in [-0.15, -0.1) is 0 Å². The van der Waals surface area contributed by atoms with Gasteiger partial charge in [-0.2, -0.15) is 0 Å². The van der Waals surface area contributed by atoms with Crippen LogP contribution in [-0.2, 0) is 24.2 Å². The van der Waals surface area contributed by atoms with Crippen LogP contribution in [0.5, 0.6) is 0 Å². The second-order valence-electron chi connectivity index (χ2n) is 14.3. The lowest BCUT2D eigenvalue weighted by molar-refractivity contribution is -0.226. The Morgan fingerprint density at radius 3 is 1.77 bits per heavy atom. The van der Waals surface area contributed by atoms with Crippen molar-refractivity contribution in [1.29, 1.82) is 0 Å². The molecule has 0 radical (unpaired) electrons. The molecule has 4 aromatic rings. The van der Waals surface area contributed by atoms with Gasteiger partial charge in [0, 0.05) is 29.6 Å². The van der Waals surface area contributed by atoms with Crippen LogP contribution in [0.3, 0.4) is 0 Å². The lowest BCUT2D eigenvalue weighted by atomic mass is 9.66. The zero-order chi connectivity index (χ0) is 30.0. The molecular formula is C38H41BO4. The predicted molar refractivity (Wildman–Crippen MR) is 173 cm³/mol. The molecule has 7 rings (SSSR count). The van der Waals surface area contributed by atoms with E-state index in [2.05, 4.69) is 126 Å². The minimum absolute atomic E-state index is 0.000479. The molecule has 2 heterocycles. The molecule has 0 N–H and O–H groups in total. The van der Waals surface area contributed by atoms with Crippen molar-refractivity contribution >= 4 is 12.6 Å². The van der Waals surface area contributed by atoms with Gasteiger partial charge < -0.3 is 18.8 Å². The molecule has 1 aliphatic carbocycles. The largest absolute Gasteiger partial charge is 0.494 e. The average molecular weight is 573 g/mol. The number of hydrogen-bond acceptors (Lipinski definition) is 4. The third-order valence-corrected chi connectivity index (χ3v) is 9.21. The number of hydrogen-bond donors (Lipinski definition) is 0. The van der Waals surface area contributed by atoms with Crippen LogP contribution in [0.15, 0.2) is 84.9 Å². The normalized spacial score (nSPS) is 20.5. The summed E-state index contributed by atoms with van der Waals surface area (Å²) in [5.74, 6) is 0. The Balaban J connectivity index is 1.49. The molecule has 0 atom stereocenters. The Kier molecular flexibility index (Phi) is 6.94. The summed E-state index contributed by atoms with van der Waals surface area (Å²) in [5, 5.41) is 0. The third kappa shape index (κ3) is 4.87. The van der Waals surface area contributed by atoms with Crippen molar-refractivity contribution in [1.82, 2.24) is 0 Å². The minimum atomic E-state index is -0.542. The van der Waals surface area contributed by atoms with Crippen LogP contribution in [0.25, 0.3) is 11.1 Å². The summed E-state index contributed by atoms with van der Waals surface area (Å²) in [6.07, 6.45) is -0.400. The lowest BCUT2D eigenvalue weighted by Gasteiger charge is -2.36. The maximum Gasteiger partial charge on any atom is 0.494 e. The van der Waals surface area contributed by atoms with Crippen molar-refractivity contribution in [2.75, 3.05) is 26.4 Å². The summed E-state index contributed by atoms with van der Waals surface area (Å²) >= 11 is 0. The predicted octanol–water partition coefficient (Wildman–Crippen LogP) is 7.51. The maximum atomic E-state index is 6.41. The quantitative estimate of drug-likeness (QED) is 0.209. The van der Waals surface area contributed by atoms with E-state index < -0.39 is 18.8 Å². The molecule has 3 aliphatic rings. The molecule has 0 aromatic heterocycles. The first-order chi connectivity index (χ1) is 20.6. The van der Waals surface area contributed by atoms with Crippen molar-refractivity contribution in [3.8, 4) is 11.1 Å². The summed E-state index contributed by atoms with van der Waals surface area (Å²) in [6, 6.07) is 31.5. The van der Waals surface area contributed by atoms with Gasteiger partial charge in [0.1, 0.15) is 0 Å². The van der Waals surface area contributed by atoms with Crippen molar-refractivity contribution < 1.29 is 18.8 Å². The van der Waals surface area contributed by atoms with Crippen LogP contribution >= 0.6 is 0 Å². The Morgan fingerprint density at radius 2 is 1.19 bits per heavy atom. The highest BCUT2D eigenvalue weighted by atomic mass is 16.7. The standard InChI is InChI=1S/C38H41BO4/c1-25-10-15-28(16-11-25)38(29-17-12-26(2)13-18-29)31-8-7-9-33(39-42-23-37(5,6)24-43-39)34(31)30-19-14-27(20-32(30)38)35-40-21-36(3,4)22-41-35/h7-20,35H,21-24H2,1-6H3. The van der Waals surface area contributed by atoms with E-state index in [1.807, 2.05) is 0 Å².